The van der Waals surface area contributed by atoms with E-state index < -0.39 is 0 Å². The Balaban J connectivity index is 2.31. The molecule has 0 radical (unpaired) electrons. The molecule has 2 rings (SSSR count). The third-order valence-corrected chi connectivity index (χ3v) is 3.11. The van der Waals surface area contributed by atoms with Gasteiger partial charge < -0.3 is 15.8 Å². The fourth-order valence-electron chi connectivity index (χ4n) is 1.95. The van der Waals surface area contributed by atoms with Gasteiger partial charge in [-0.2, -0.15) is 5.10 Å². The summed E-state index contributed by atoms with van der Waals surface area (Å²) < 4.78 is 7.01. The minimum atomic E-state index is -0.352. The number of ether oxygens (including phenoxy) is 1. The highest BCUT2D eigenvalue weighted by atomic mass is 35.5. The molecule has 0 saturated heterocycles. The van der Waals surface area contributed by atoms with Crippen molar-refractivity contribution < 1.29 is 9.53 Å². The van der Waals surface area contributed by atoms with Gasteiger partial charge in [0.05, 0.1) is 24.2 Å². The summed E-state index contributed by atoms with van der Waals surface area (Å²) in [6, 6.07) is 5.04. The number of nitrogens with two attached hydrogens (primary N) is 1. The lowest BCUT2D eigenvalue weighted by atomic mass is 10.2. The minimum absolute atomic E-state index is 0.319. The van der Waals surface area contributed by atoms with Gasteiger partial charge in [0, 0.05) is 11.6 Å². The molecule has 1 aromatic carbocycles. The molecular weight excluding hydrogens is 292 g/mol. The van der Waals surface area contributed by atoms with Gasteiger partial charge in [0.25, 0.3) is 5.91 Å². The molecule has 0 unspecified atom stereocenters. The summed E-state index contributed by atoms with van der Waals surface area (Å²) in [5, 5.41) is 7.32. The van der Waals surface area contributed by atoms with Crippen LogP contribution in [0.3, 0.4) is 0 Å². The molecule has 0 aliphatic heterocycles. The highest BCUT2D eigenvalue weighted by Gasteiger charge is 2.18. The van der Waals surface area contributed by atoms with Crippen molar-refractivity contribution in [2.75, 3.05) is 17.7 Å². The van der Waals surface area contributed by atoms with Gasteiger partial charge in [-0.25, -0.2) is 0 Å². The van der Waals surface area contributed by atoms with E-state index in [0.29, 0.717) is 41.0 Å². The van der Waals surface area contributed by atoms with Crippen molar-refractivity contribution in [1.82, 2.24) is 9.78 Å². The first-order valence-electron chi connectivity index (χ1n) is 6.61. The van der Waals surface area contributed by atoms with Crippen molar-refractivity contribution in [3.63, 3.8) is 0 Å². The van der Waals surface area contributed by atoms with Crippen LogP contribution >= 0.6 is 11.6 Å². The summed E-state index contributed by atoms with van der Waals surface area (Å²) in [6.45, 7) is 4.78. The largest absolute Gasteiger partial charge is 0.492 e. The van der Waals surface area contributed by atoms with Crippen LogP contribution in [0, 0.1) is 0 Å². The molecule has 2 aromatic rings. The highest BCUT2D eigenvalue weighted by molar-refractivity contribution is 6.31. The number of amides is 1. The normalized spacial score (nSPS) is 10.4. The maximum atomic E-state index is 12.4. The van der Waals surface area contributed by atoms with Crippen LogP contribution in [-0.4, -0.2) is 22.3 Å². The number of aromatic nitrogens is 2. The summed E-state index contributed by atoms with van der Waals surface area (Å²) in [5.41, 5.74) is 6.94. The van der Waals surface area contributed by atoms with E-state index in [1.165, 1.54) is 10.9 Å². The van der Waals surface area contributed by atoms with E-state index in [-0.39, 0.29) is 5.91 Å². The number of hydrogen-bond donors (Lipinski definition) is 2. The second kappa shape index (κ2) is 6.49. The van der Waals surface area contributed by atoms with Gasteiger partial charge in [0.15, 0.2) is 0 Å². The second-order valence-corrected chi connectivity index (χ2v) is 4.73. The molecule has 1 heterocycles. The standard InChI is InChI=1S/C14H17ClN4O2/c1-3-19-13(10(16)8-17-19)14(20)18-11-7-9(15)5-6-12(11)21-4-2/h5-8H,3-4,16H2,1-2H3,(H,18,20). The molecule has 6 nitrogen and oxygen atoms in total. The molecule has 7 heteroatoms. The maximum Gasteiger partial charge on any atom is 0.276 e. The average Bonchev–Trinajstić information content (AvgIpc) is 2.83. The van der Waals surface area contributed by atoms with E-state index in [0.717, 1.165) is 0 Å². The Hall–Kier alpha value is -2.21. The predicted molar refractivity (Wildman–Crippen MR) is 82.9 cm³/mol. The van der Waals surface area contributed by atoms with Crippen LogP contribution in [0.25, 0.3) is 0 Å². The average molecular weight is 309 g/mol. The van der Waals surface area contributed by atoms with Crippen molar-refractivity contribution >= 4 is 28.9 Å². The molecule has 0 bridgehead atoms. The molecule has 21 heavy (non-hydrogen) atoms. The number of nitrogen functional groups attached to an aromatic ring is 1. The molecule has 0 atom stereocenters. The Labute approximate surface area is 127 Å². The molecule has 1 aromatic heterocycles. The van der Waals surface area contributed by atoms with Crippen molar-refractivity contribution in [2.45, 2.75) is 20.4 Å². The molecule has 1 amide bonds. The summed E-state index contributed by atoms with van der Waals surface area (Å²) in [4.78, 5) is 12.4. The Morgan fingerprint density at radius 2 is 2.24 bits per heavy atom. The van der Waals surface area contributed by atoms with E-state index in [2.05, 4.69) is 10.4 Å². The smallest absolute Gasteiger partial charge is 0.276 e. The number of nitrogens with zero attached hydrogens (tertiary/aromatic N) is 2. The van der Waals surface area contributed by atoms with Gasteiger partial charge in [-0.1, -0.05) is 11.6 Å². The van der Waals surface area contributed by atoms with Crippen LogP contribution in [-0.2, 0) is 6.54 Å². The fourth-order valence-corrected chi connectivity index (χ4v) is 2.12. The first-order valence-corrected chi connectivity index (χ1v) is 6.99. The third-order valence-electron chi connectivity index (χ3n) is 2.87. The summed E-state index contributed by atoms with van der Waals surface area (Å²) in [6.07, 6.45) is 1.46. The van der Waals surface area contributed by atoms with Crippen molar-refractivity contribution in [3.05, 3.63) is 35.1 Å². The van der Waals surface area contributed by atoms with Gasteiger partial charge in [-0.05, 0) is 32.0 Å². The molecule has 0 spiro atoms. The number of benzene rings is 1. The fraction of sp³-hybridized carbons (Fsp3) is 0.286. The minimum Gasteiger partial charge on any atom is -0.492 e. The van der Waals surface area contributed by atoms with Crippen LogP contribution in [0.1, 0.15) is 24.3 Å². The van der Waals surface area contributed by atoms with Gasteiger partial charge >= 0.3 is 0 Å². The molecule has 0 aliphatic rings. The quantitative estimate of drug-likeness (QED) is 0.890. The zero-order valence-electron chi connectivity index (χ0n) is 11.9. The first-order chi connectivity index (χ1) is 10.1. The first kappa shape index (κ1) is 15.2. The lowest BCUT2D eigenvalue weighted by Crippen LogP contribution is -2.19. The second-order valence-electron chi connectivity index (χ2n) is 4.29. The van der Waals surface area contributed by atoms with E-state index in [9.17, 15) is 4.79 Å². The van der Waals surface area contributed by atoms with Gasteiger partial charge in [0.1, 0.15) is 11.4 Å². The molecule has 0 aliphatic carbocycles. The van der Waals surface area contributed by atoms with Crippen LogP contribution < -0.4 is 15.8 Å². The molecule has 112 valence electrons. The van der Waals surface area contributed by atoms with Crippen molar-refractivity contribution in [3.8, 4) is 5.75 Å². The molecule has 0 fully saturated rings. The Kier molecular flexibility index (Phi) is 4.70. The Morgan fingerprint density at radius 1 is 1.48 bits per heavy atom. The summed E-state index contributed by atoms with van der Waals surface area (Å²) in [7, 11) is 0. The number of hydrogen-bond acceptors (Lipinski definition) is 4. The number of anilines is 2. The van der Waals surface area contributed by atoms with Crippen LogP contribution in [0.4, 0.5) is 11.4 Å². The lowest BCUT2D eigenvalue weighted by molar-refractivity contribution is 0.101. The van der Waals surface area contributed by atoms with Crippen molar-refractivity contribution in [2.24, 2.45) is 0 Å². The van der Waals surface area contributed by atoms with E-state index in [4.69, 9.17) is 22.1 Å². The van der Waals surface area contributed by atoms with E-state index >= 15 is 0 Å². The third kappa shape index (κ3) is 3.28. The number of rotatable bonds is 5. The van der Waals surface area contributed by atoms with Crippen LogP contribution in [0.15, 0.2) is 24.4 Å². The van der Waals surface area contributed by atoms with Gasteiger partial charge in [0.2, 0.25) is 0 Å². The van der Waals surface area contributed by atoms with Gasteiger partial charge in [-0.3, -0.25) is 9.48 Å². The number of nitrogens with one attached hydrogen (secondary N) is 1. The summed E-state index contributed by atoms with van der Waals surface area (Å²) >= 11 is 5.97. The SMILES string of the molecule is CCOc1ccc(Cl)cc1NC(=O)c1c(N)cnn1CC. The number of aryl methyl sites for hydroxylation is 1. The zero-order chi connectivity index (χ0) is 15.4. The number of carbonyl (C=O) groups is 1. The molecular formula is C14H17ClN4O2. The van der Waals surface area contributed by atoms with Crippen molar-refractivity contribution in [1.29, 1.82) is 0 Å². The van der Waals surface area contributed by atoms with Gasteiger partial charge in [-0.15, -0.1) is 0 Å². The van der Waals surface area contributed by atoms with Crippen LogP contribution in [0.5, 0.6) is 5.75 Å². The predicted octanol–water partition coefficient (Wildman–Crippen LogP) is 2.79. The van der Waals surface area contributed by atoms with E-state index in [1.54, 1.807) is 18.2 Å². The van der Waals surface area contributed by atoms with E-state index in [1.807, 2.05) is 13.8 Å². The number of carbonyl (C=O) groups excluding carboxylic acids is 1. The maximum absolute atomic E-state index is 12.4. The number of halogens is 1. The highest BCUT2D eigenvalue weighted by Crippen LogP contribution is 2.29. The van der Waals surface area contributed by atoms with Crippen LogP contribution in [0.2, 0.25) is 5.02 Å². The topological polar surface area (TPSA) is 82.2 Å². The zero-order valence-corrected chi connectivity index (χ0v) is 12.6. The monoisotopic (exact) mass is 308 g/mol. The molecule has 3 N–H and O–H groups in total. The Bertz CT molecular complexity index is 654. The molecule has 0 saturated carbocycles. The lowest BCUT2D eigenvalue weighted by Gasteiger charge is -2.12. The Morgan fingerprint density at radius 3 is 2.90 bits per heavy atom. The summed E-state index contributed by atoms with van der Waals surface area (Å²) in [5.74, 6) is 0.200.